The van der Waals surface area contributed by atoms with Gasteiger partial charge in [0.25, 0.3) is 5.91 Å². The highest BCUT2D eigenvalue weighted by molar-refractivity contribution is 9.10. The quantitative estimate of drug-likeness (QED) is 0.644. The van der Waals surface area contributed by atoms with Crippen molar-refractivity contribution in [2.75, 3.05) is 5.73 Å². The fraction of sp³-hybridized carbons (Fsp3) is 0.467. The lowest BCUT2D eigenvalue weighted by molar-refractivity contribution is -0.130. The van der Waals surface area contributed by atoms with Crippen LogP contribution in [0.4, 0.5) is 5.69 Å². The van der Waals surface area contributed by atoms with Gasteiger partial charge < -0.3 is 15.8 Å². The van der Waals surface area contributed by atoms with Gasteiger partial charge in [-0.3, -0.25) is 4.79 Å². The van der Waals surface area contributed by atoms with Crippen molar-refractivity contribution in [2.24, 2.45) is 0 Å². The lowest BCUT2D eigenvalue weighted by Gasteiger charge is -2.23. The number of nitrogen functional groups attached to an aromatic ring is 1. The number of ether oxygens (including phenoxy) is 1. The van der Waals surface area contributed by atoms with Crippen LogP contribution in [0.1, 0.15) is 43.6 Å². The number of amides is 1. The van der Waals surface area contributed by atoms with E-state index >= 15 is 0 Å². The van der Waals surface area contributed by atoms with Gasteiger partial charge in [0.2, 0.25) is 0 Å². The molecular weight excluding hydrogens is 336 g/mol. The molecule has 1 unspecified atom stereocenters. The largest absolute Gasteiger partial charge is 0.449 e. The Labute approximate surface area is 133 Å². The van der Waals surface area contributed by atoms with Crippen LogP contribution in [0.15, 0.2) is 16.6 Å². The van der Waals surface area contributed by atoms with Gasteiger partial charge in [0.15, 0.2) is 6.10 Å². The van der Waals surface area contributed by atoms with E-state index in [1.165, 1.54) is 6.92 Å². The molecule has 3 N–H and O–H groups in total. The van der Waals surface area contributed by atoms with Crippen molar-refractivity contribution in [2.45, 2.75) is 46.3 Å². The molecule has 0 fully saturated rings. The molecule has 1 rings (SSSR count). The molecule has 5 nitrogen and oxygen atoms in total. The molecule has 116 valence electrons. The highest BCUT2D eigenvalue weighted by atomic mass is 79.9. The van der Waals surface area contributed by atoms with Gasteiger partial charge in [-0.05, 0) is 52.3 Å². The Balaban J connectivity index is 2.85. The third-order valence-corrected chi connectivity index (χ3v) is 3.24. The van der Waals surface area contributed by atoms with E-state index in [1.54, 1.807) is 19.1 Å². The van der Waals surface area contributed by atoms with E-state index in [9.17, 15) is 9.59 Å². The second kappa shape index (κ2) is 6.47. The predicted molar refractivity (Wildman–Crippen MR) is 86.1 cm³/mol. The molecule has 0 spiro atoms. The Kier molecular flexibility index (Phi) is 5.39. The van der Waals surface area contributed by atoms with Crippen molar-refractivity contribution in [1.29, 1.82) is 0 Å². The van der Waals surface area contributed by atoms with Gasteiger partial charge in [-0.1, -0.05) is 15.9 Å². The van der Waals surface area contributed by atoms with Crippen LogP contribution < -0.4 is 11.1 Å². The molecule has 0 heterocycles. The molecule has 0 bridgehead atoms. The van der Waals surface area contributed by atoms with Crippen molar-refractivity contribution in [3.8, 4) is 0 Å². The Morgan fingerprint density at radius 2 is 1.90 bits per heavy atom. The van der Waals surface area contributed by atoms with Crippen LogP contribution in [0.3, 0.4) is 0 Å². The van der Waals surface area contributed by atoms with E-state index in [0.717, 1.165) is 0 Å². The molecule has 0 saturated heterocycles. The summed E-state index contributed by atoms with van der Waals surface area (Å²) in [6.45, 7) is 8.85. The van der Waals surface area contributed by atoms with Crippen LogP contribution in [0.5, 0.6) is 0 Å². The van der Waals surface area contributed by atoms with Crippen LogP contribution in [-0.2, 0) is 9.53 Å². The van der Waals surface area contributed by atoms with Crippen LogP contribution in [0.25, 0.3) is 0 Å². The van der Waals surface area contributed by atoms with Crippen LogP contribution in [0.2, 0.25) is 0 Å². The maximum Gasteiger partial charge on any atom is 0.339 e. The first kappa shape index (κ1) is 17.5. The maximum atomic E-state index is 12.2. The normalized spacial score (nSPS) is 12.7. The molecule has 0 aliphatic heterocycles. The number of nitrogens with two attached hydrogens (primary N) is 1. The molecule has 1 atom stereocenters. The summed E-state index contributed by atoms with van der Waals surface area (Å²) in [5, 5.41) is 2.76. The first-order valence-corrected chi connectivity index (χ1v) is 7.39. The Morgan fingerprint density at radius 1 is 1.33 bits per heavy atom. The van der Waals surface area contributed by atoms with Gasteiger partial charge in [-0.2, -0.15) is 0 Å². The lowest BCUT2D eigenvalue weighted by Crippen LogP contribution is -2.46. The fourth-order valence-electron chi connectivity index (χ4n) is 1.66. The number of halogens is 1. The second-order valence-electron chi connectivity index (χ2n) is 5.95. The molecule has 1 aromatic rings. The summed E-state index contributed by atoms with van der Waals surface area (Å²) >= 11 is 3.28. The van der Waals surface area contributed by atoms with Crippen LogP contribution in [-0.4, -0.2) is 23.5 Å². The van der Waals surface area contributed by atoms with Gasteiger partial charge >= 0.3 is 5.97 Å². The maximum absolute atomic E-state index is 12.2. The topological polar surface area (TPSA) is 81.4 Å². The first-order valence-electron chi connectivity index (χ1n) is 6.60. The third kappa shape index (κ3) is 5.04. The minimum absolute atomic E-state index is 0.337. The number of esters is 1. The summed E-state index contributed by atoms with van der Waals surface area (Å²) in [6.07, 6.45) is -0.878. The molecule has 1 amide bonds. The molecule has 21 heavy (non-hydrogen) atoms. The van der Waals surface area contributed by atoms with Gasteiger partial charge in [0, 0.05) is 15.7 Å². The molecule has 6 heteroatoms. The number of nitrogens with one attached hydrogen (secondary N) is 1. The summed E-state index contributed by atoms with van der Waals surface area (Å²) in [6, 6.07) is 3.34. The molecule has 1 aromatic carbocycles. The van der Waals surface area contributed by atoms with E-state index in [4.69, 9.17) is 10.5 Å². The summed E-state index contributed by atoms with van der Waals surface area (Å²) in [5.41, 5.74) is 6.90. The number of carbonyl (C=O) groups is 2. The van der Waals surface area contributed by atoms with Crippen molar-refractivity contribution in [3.63, 3.8) is 0 Å². The zero-order chi connectivity index (χ0) is 16.4. The van der Waals surface area contributed by atoms with E-state index in [0.29, 0.717) is 21.3 Å². The molecule has 0 aromatic heterocycles. The fourth-order valence-corrected chi connectivity index (χ4v) is 2.14. The molecular formula is C15H21BrN2O3. The van der Waals surface area contributed by atoms with Gasteiger partial charge in [-0.15, -0.1) is 0 Å². The smallest absolute Gasteiger partial charge is 0.339 e. The summed E-state index contributed by atoms with van der Waals surface area (Å²) in [4.78, 5) is 24.1. The average Bonchev–Trinajstić information content (AvgIpc) is 2.31. The summed E-state index contributed by atoms with van der Waals surface area (Å²) in [5.74, 6) is -0.909. The number of anilines is 1. The highest BCUT2D eigenvalue weighted by Crippen LogP contribution is 2.23. The van der Waals surface area contributed by atoms with Gasteiger partial charge in [-0.25, -0.2) is 4.79 Å². The van der Waals surface area contributed by atoms with Crippen LogP contribution >= 0.6 is 15.9 Å². The molecule has 0 aliphatic carbocycles. The van der Waals surface area contributed by atoms with Gasteiger partial charge in [0.1, 0.15) is 0 Å². The summed E-state index contributed by atoms with van der Waals surface area (Å²) < 4.78 is 5.89. The number of hydrogen-bond donors (Lipinski definition) is 2. The Hall–Kier alpha value is -1.56. The molecule has 0 aliphatic rings. The highest BCUT2D eigenvalue weighted by Gasteiger charge is 2.24. The van der Waals surface area contributed by atoms with Crippen molar-refractivity contribution >= 4 is 33.5 Å². The Bertz CT molecular complexity index is 565. The zero-order valence-corrected chi connectivity index (χ0v) is 14.5. The van der Waals surface area contributed by atoms with Gasteiger partial charge in [0.05, 0.1) is 5.56 Å². The number of benzene rings is 1. The minimum Gasteiger partial charge on any atom is -0.449 e. The Morgan fingerprint density at radius 3 is 2.43 bits per heavy atom. The minimum atomic E-state index is -0.878. The lowest BCUT2D eigenvalue weighted by atomic mass is 10.1. The monoisotopic (exact) mass is 356 g/mol. The van der Waals surface area contributed by atoms with Crippen molar-refractivity contribution in [1.82, 2.24) is 5.32 Å². The zero-order valence-electron chi connectivity index (χ0n) is 12.9. The van der Waals surface area contributed by atoms with E-state index in [2.05, 4.69) is 21.2 Å². The second-order valence-corrected chi connectivity index (χ2v) is 6.87. The third-order valence-electron chi connectivity index (χ3n) is 2.78. The first-order chi connectivity index (χ1) is 9.51. The average molecular weight is 357 g/mol. The standard InChI is InChI=1S/C15H21BrN2O3/c1-8-11(6-10(16)7-12(8)17)14(20)21-9(2)13(19)18-15(3,4)5/h6-7,9H,17H2,1-5H3,(H,18,19). The predicted octanol–water partition coefficient (Wildman–Crippen LogP) is 2.80. The molecule has 0 radical (unpaired) electrons. The number of carbonyl (C=O) groups excluding carboxylic acids is 2. The summed E-state index contributed by atoms with van der Waals surface area (Å²) in [7, 11) is 0. The van der Waals surface area contributed by atoms with Crippen molar-refractivity contribution in [3.05, 3.63) is 27.7 Å². The number of rotatable bonds is 3. The SMILES string of the molecule is Cc1c(N)cc(Br)cc1C(=O)OC(C)C(=O)NC(C)(C)C. The van der Waals surface area contributed by atoms with Crippen LogP contribution in [0, 0.1) is 6.92 Å². The van der Waals surface area contributed by atoms with E-state index in [-0.39, 0.29) is 11.4 Å². The van der Waals surface area contributed by atoms with Crippen molar-refractivity contribution < 1.29 is 14.3 Å². The molecule has 0 saturated carbocycles. The van der Waals surface area contributed by atoms with E-state index in [1.807, 2.05) is 20.8 Å². The van der Waals surface area contributed by atoms with E-state index < -0.39 is 12.1 Å². The number of hydrogen-bond acceptors (Lipinski definition) is 4.